The van der Waals surface area contributed by atoms with Crippen molar-refractivity contribution in [1.82, 2.24) is 16.0 Å². The highest BCUT2D eigenvalue weighted by Crippen LogP contribution is 2.19. The van der Waals surface area contributed by atoms with E-state index in [1.807, 2.05) is 65.0 Å². The molecule has 1 aromatic carbocycles. The zero-order valence-electron chi connectivity index (χ0n) is 22.0. The molecule has 0 aliphatic carbocycles. The average molecular weight is 508 g/mol. The number of nitrogens with one attached hydrogen (secondary N) is 3. The normalized spacial score (nSPS) is 14.2. The highest BCUT2D eigenvalue weighted by molar-refractivity contribution is 6.66. The number of carbonyl (C=O) groups is 3. The third kappa shape index (κ3) is 11.8. The number of unbranched alkanes of at least 4 members (excludes halogenated alkanes) is 1. The van der Waals surface area contributed by atoms with Gasteiger partial charge < -0.3 is 25.5 Å². The van der Waals surface area contributed by atoms with Crippen LogP contribution in [-0.2, 0) is 20.8 Å². The van der Waals surface area contributed by atoms with Gasteiger partial charge in [-0.3, -0.25) is 14.4 Å². The third-order valence-electron chi connectivity index (χ3n) is 6.17. The van der Waals surface area contributed by atoms with Gasteiger partial charge in [0.15, 0.2) is 0 Å². The Labute approximate surface area is 211 Å². The van der Waals surface area contributed by atoms with Crippen molar-refractivity contribution in [3.8, 4) is 0 Å². The van der Waals surface area contributed by atoms with E-state index in [0.717, 1.165) is 18.4 Å². The van der Waals surface area contributed by atoms with Crippen molar-refractivity contribution in [2.45, 2.75) is 90.9 Å². The number of amides is 3. The van der Waals surface area contributed by atoms with Crippen LogP contribution >= 0.6 is 0 Å². The Bertz CT molecular complexity index is 788. The fourth-order valence-corrected chi connectivity index (χ4v) is 5.93. The molecule has 0 saturated carbocycles. The highest BCUT2D eigenvalue weighted by atomic mass is 28.4. The van der Waals surface area contributed by atoms with Gasteiger partial charge in [0.2, 0.25) is 17.7 Å². The van der Waals surface area contributed by atoms with Gasteiger partial charge in [0, 0.05) is 19.0 Å². The first-order valence-electron chi connectivity index (χ1n) is 12.8. The van der Waals surface area contributed by atoms with E-state index in [9.17, 15) is 24.0 Å². The Hall–Kier alpha value is -2.23. The lowest BCUT2D eigenvalue weighted by Gasteiger charge is -2.33. The SMILES string of the molecule is CCCCNC(=O)CC[Si](O)(O)[C@H](CC(C)C)NC(=O)[C@@H](NC(=O)Cc1ccccc1)C(C)CC. The van der Waals surface area contributed by atoms with Crippen LogP contribution < -0.4 is 16.0 Å². The molecule has 3 atom stereocenters. The number of benzene rings is 1. The summed E-state index contributed by atoms with van der Waals surface area (Å²) in [5.41, 5.74) is -0.00336. The molecule has 0 spiro atoms. The van der Waals surface area contributed by atoms with Gasteiger partial charge in [-0.15, -0.1) is 0 Å². The van der Waals surface area contributed by atoms with Crippen LogP contribution in [0.2, 0.25) is 6.04 Å². The molecule has 5 N–H and O–H groups in total. The molecule has 9 heteroatoms. The zero-order chi connectivity index (χ0) is 26.4. The lowest BCUT2D eigenvalue weighted by atomic mass is 9.97. The molecule has 35 heavy (non-hydrogen) atoms. The van der Waals surface area contributed by atoms with Crippen LogP contribution in [0.25, 0.3) is 0 Å². The highest BCUT2D eigenvalue weighted by Gasteiger charge is 2.42. The molecule has 0 aliphatic rings. The number of carbonyl (C=O) groups excluding carboxylic acids is 3. The fourth-order valence-electron chi connectivity index (χ4n) is 3.77. The van der Waals surface area contributed by atoms with E-state index in [0.29, 0.717) is 19.4 Å². The molecule has 1 rings (SSSR count). The van der Waals surface area contributed by atoms with Crippen molar-refractivity contribution >= 4 is 26.3 Å². The van der Waals surface area contributed by atoms with Crippen molar-refractivity contribution in [3.05, 3.63) is 35.9 Å². The summed E-state index contributed by atoms with van der Waals surface area (Å²) in [6.07, 6.45) is 3.01. The minimum absolute atomic E-state index is 0.00396. The van der Waals surface area contributed by atoms with Crippen LogP contribution in [0.5, 0.6) is 0 Å². The fraction of sp³-hybridized carbons (Fsp3) is 0.654. The van der Waals surface area contributed by atoms with Crippen LogP contribution in [0.15, 0.2) is 30.3 Å². The standard InChI is InChI=1S/C26H45N3O5Si/c1-6-8-15-27-22(30)14-16-35(33,34)24(17-19(3)4)29-26(32)25(20(5)7-2)28-23(31)18-21-12-10-9-11-13-21/h9-13,19-20,24-25,33-34H,6-8,14-18H2,1-5H3,(H,27,30)(H,28,31)(H,29,32)/t20?,24-,25+/m1/s1. The Kier molecular flexibility index (Phi) is 13.8. The van der Waals surface area contributed by atoms with E-state index >= 15 is 0 Å². The first kappa shape index (κ1) is 30.8. The van der Waals surface area contributed by atoms with Crippen LogP contribution in [-0.4, -0.2) is 54.1 Å². The second-order valence-electron chi connectivity index (χ2n) is 9.87. The predicted molar refractivity (Wildman–Crippen MR) is 140 cm³/mol. The molecule has 0 fully saturated rings. The molecule has 1 unspecified atom stereocenters. The molecule has 0 aliphatic heterocycles. The quantitative estimate of drug-likeness (QED) is 0.174. The Morgan fingerprint density at radius 2 is 1.63 bits per heavy atom. The molecule has 3 amide bonds. The van der Waals surface area contributed by atoms with Crippen molar-refractivity contribution in [2.75, 3.05) is 6.54 Å². The minimum atomic E-state index is -3.97. The molecule has 0 radical (unpaired) electrons. The summed E-state index contributed by atoms with van der Waals surface area (Å²) in [6, 6.07) is 8.42. The molecular formula is C26H45N3O5Si. The van der Waals surface area contributed by atoms with E-state index in [1.165, 1.54) is 0 Å². The van der Waals surface area contributed by atoms with Crippen LogP contribution in [0, 0.1) is 11.8 Å². The van der Waals surface area contributed by atoms with Crippen LogP contribution in [0.4, 0.5) is 0 Å². The Balaban J connectivity index is 2.88. The summed E-state index contributed by atoms with van der Waals surface area (Å²) in [5, 5.41) is 8.45. The lowest BCUT2D eigenvalue weighted by Crippen LogP contribution is -2.62. The average Bonchev–Trinajstić information content (AvgIpc) is 2.80. The molecule has 1 aromatic rings. The van der Waals surface area contributed by atoms with Gasteiger partial charge in [-0.2, -0.15) is 0 Å². The molecule has 0 saturated heterocycles. The molecule has 8 nitrogen and oxygen atoms in total. The summed E-state index contributed by atoms with van der Waals surface area (Å²) < 4.78 is 0. The van der Waals surface area contributed by atoms with E-state index in [1.54, 1.807) is 0 Å². The van der Waals surface area contributed by atoms with Crippen LogP contribution in [0.3, 0.4) is 0 Å². The molecule has 0 bridgehead atoms. The summed E-state index contributed by atoms with van der Waals surface area (Å²) in [6.45, 7) is 10.3. The predicted octanol–water partition coefficient (Wildman–Crippen LogP) is 2.56. The van der Waals surface area contributed by atoms with Gasteiger partial charge in [0.25, 0.3) is 0 Å². The second kappa shape index (κ2) is 15.7. The minimum Gasteiger partial charge on any atom is -0.409 e. The van der Waals surface area contributed by atoms with E-state index in [-0.39, 0.29) is 42.5 Å². The Morgan fingerprint density at radius 1 is 0.971 bits per heavy atom. The maximum absolute atomic E-state index is 13.3. The van der Waals surface area contributed by atoms with Gasteiger partial charge in [-0.1, -0.05) is 77.8 Å². The van der Waals surface area contributed by atoms with Crippen molar-refractivity contribution in [1.29, 1.82) is 0 Å². The zero-order valence-corrected chi connectivity index (χ0v) is 23.0. The van der Waals surface area contributed by atoms with Gasteiger partial charge >= 0.3 is 8.56 Å². The first-order chi connectivity index (χ1) is 16.5. The van der Waals surface area contributed by atoms with Crippen molar-refractivity contribution in [3.63, 3.8) is 0 Å². The third-order valence-corrected chi connectivity index (χ3v) is 8.66. The summed E-state index contributed by atoms with van der Waals surface area (Å²) in [4.78, 5) is 60.0. The van der Waals surface area contributed by atoms with Gasteiger partial charge in [0.1, 0.15) is 6.04 Å². The maximum Gasteiger partial charge on any atom is 0.356 e. The summed E-state index contributed by atoms with van der Waals surface area (Å²) in [5.74, 6) is -0.971. The number of hydrogen-bond acceptors (Lipinski definition) is 5. The monoisotopic (exact) mass is 507 g/mol. The largest absolute Gasteiger partial charge is 0.409 e. The summed E-state index contributed by atoms with van der Waals surface area (Å²) in [7, 11) is -3.97. The Morgan fingerprint density at radius 3 is 2.20 bits per heavy atom. The van der Waals surface area contributed by atoms with Crippen molar-refractivity contribution in [2.24, 2.45) is 11.8 Å². The van der Waals surface area contributed by atoms with E-state index < -0.39 is 26.2 Å². The number of hydrogen-bond donors (Lipinski definition) is 5. The lowest BCUT2D eigenvalue weighted by molar-refractivity contribution is -0.130. The molecule has 0 heterocycles. The molecule has 0 aromatic heterocycles. The first-order valence-corrected chi connectivity index (χ1v) is 15.0. The van der Waals surface area contributed by atoms with E-state index in [2.05, 4.69) is 16.0 Å². The molecule has 198 valence electrons. The topological polar surface area (TPSA) is 128 Å². The summed E-state index contributed by atoms with van der Waals surface area (Å²) >= 11 is 0. The van der Waals surface area contributed by atoms with Gasteiger partial charge in [0.05, 0.1) is 12.1 Å². The molecular weight excluding hydrogens is 462 g/mol. The maximum atomic E-state index is 13.3. The smallest absolute Gasteiger partial charge is 0.356 e. The van der Waals surface area contributed by atoms with E-state index in [4.69, 9.17) is 0 Å². The van der Waals surface area contributed by atoms with Gasteiger partial charge in [-0.05, 0) is 30.2 Å². The number of rotatable bonds is 16. The van der Waals surface area contributed by atoms with Crippen molar-refractivity contribution < 1.29 is 24.0 Å². The van der Waals surface area contributed by atoms with Gasteiger partial charge in [-0.25, -0.2) is 0 Å². The van der Waals surface area contributed by atoms with Crippen LogP contribution in [0.1, 0.15) is 72.3 Å². The second-order valence-corrected chi connectivity index (χ2v) is 12.8.